The minimum Gasteiger partial charge on any atom is -0.312 e. The lowest BCUT2D eigenvalue weighted by Crippen LogP contribution is -2.22. The fraction of sp³-hybridized carbons (Fsp3) is 0.462. The Balaban J connectivity index is 1.54. The first-order chi connectivity index (χ1) is 9.83. The third-order valence-electron chi connectivity index (χ3n) is 3.15. The molecule has 5 nitrogen and oxygen atoms in total. The van der Waals surface area contributed by atoms with Gasteiger partial charge in [0.1, 0.15) is 0 Å². The summed E-state index contributed by atoms with van der Waals surface area (Å²) in [7, 11) is 0. The van der Waals surface area contributed by atoms with E-state index < -0.39 is 0 Å². The Morgan fingerprint density at radius 3 is 3.00 bits per heavy atom. The van der Waals surface area contributed by atoms with E-state index in [2.05, 4.69) is 48.9 Å². The summed E-state index contributed by atoms with van der Waals surface area (Å²) in [6, 6.07) is 8.95. The number of nitrogens with one attached hydrogen (secondary N) is 1. The van der Waals surface area contributed by atoms with Crippen molar-refractivity contribution in [3.8, 4) is 0 Å². The predicted molar refractivity (Wildman–Crippen MR) is 82.5 cm³/mol. The summed E-state index contributed by atoms with van der Waals surface area (Å²) in [5.74, 6) is 0.859. The lowest BCUT2D eigenvalue weighted by molar-refractivity contribution is 0.509. The molecule has 1 aromatic heterocycles. The number of hydrogen-bond donors (Lipinski definition) is 1. The topological polar surface area (TPSA) is 55.6 Å². The molecule has 1 aliphatic carbocycles. The molecule has 0 atom stereocenters. The van der Waals surface area contributed by atoms with Gasteiger partial charge in [0.25, 0.3) is 0 Å². The summed E-state index contributed by atoms with van der Waals surface area (Å²) in [5, 5.41) is 16.3. The van der Waals surface area contributed by atoms with Gasteiger partial charge in [-0.1, -0.05) is 45.9 Å². The number of thioether (sulfide) groups is 1. The number of nitrogens with zero attached hydrogens (tertiary/aromatic N) is 4. The van der Waals surface area contributed by atoms with E-state index in [1.807, 2.05) is 16.8 Å². The number of halogens is 1. The fourth-order valence-corrected chi connectivity index (χ4v) is 3.38. The highest BCUT2D eigenvalue weighted by Gasteiger charge is 2.20. The zero-order valence-corrected chi connectivity index (χ0v) is 13.4. The molecule has 7 heteroatoms. The van der Waals surface area contributed by atoms with E-state index in [1.54, 1.807) is 11.8 Å². The van der Waals surface area contributed by atoms with Gasteiger partial charge in [0.2, 0.25) is 5.16 Å². The fourth-order valence-electron chi connectivity index (χ4n) is 1.86. The maximum Gasteiger partial charge on any atom is 0.209 e. The molecular weight excluding hydrogens is 338 g/mol. The molecule has 1 saturated carbocycles. The smallest absolute Gasteiger partial charge is 0.209 e. The van der Waals surface area contributed by atoms with E-state index in [0.717, 1.165) is 34.5 Å². The van der Waals surface area contributed by atoms with E-state index in [4.69, 9.17) is 0 Å². The van der Waals surface area contributed by atoms with E-state index in [-0.39, 0.29) is 0 Å². The van der Waals surface area contributed by atoms with E-state index in [0.29, 0.717) is 0 Å². The van der Waals surface area contributed by atoms with Crippen LogP contribution in [0, 0.1) is 0 Å². The third-order valence-corrected chi connectivity index (χ3v) is 4.93. The van der Waals surface area contributed by atoms with Crippen LogP contribution in [0.3, 0.4) is 0 Å². The number of benzene rings is 1. The molecule has 0 aliphatic heterocycles. The van der Waals surface area contributed by atoms with Crippen LogP contribution >= 0.6 is 27.7 Å². The molecule has 2 aromatic rings. The van der Waals surface area contributed by atoms with Crippen molar-refractivity contribution in [2.45, 2.75) is 36.3 Å². The summed E-state index contributed by atoms with van der Waals surface area (Å²) in [6.07, 6.45) is 2.61. The Bertz CT molecular complexity index is 569. The van der Waals surface area contributed by atoms with Gasteiger partial charge in [-0.3, -0.25) is 0 Å². The lowest BCUT2D eigenvalue weighted by atomic mass is 10.2. The Hall–Kier alpha value is -0.920. The Kier molecular flexibility index (Phi) is 4.69. The monoisotopic (exact) mass is 353 g/mol. The molecule has 0 saturated heterocycles. The highest BCUT2D eigenvalue weighted by molar-refractivity contribution is 9.10. The van der Waals surface area contributed by atoms with Gasteiger partial charge in [0.05, 0.1) is 6.54 Å². The first-order valence-electron chi connectivity index (χ1n) is 6.68. The molecule has 3 rings (SSSR count). The molecule has 0 radical (unpaired) electrons. The normalized spacial score (nSPS) is 14.7. The second-order valence-electron chi connectivity index (χ2n) is 4.79. The quantitative estimate of drug-likeness (QED) is 0.775. The second kappa shape index (κ2) is 6.69. The molecule has 106 valence electrons. The minimum absolute atomic E-state index is 0.725. The van der Waals surface area contributed by atoms with E-state index in [9.17, 15) is 0 Å². The van der Waals surface area contributed by atoms with Crippen molar-refractivity contribution in [2.75, 3.05) is 6.54 Å². The zero-order valence-electron chi connectivity index (χ0n) is 11.0. The summed E-state index contributed by atoms with van der Waals surface area (Å²) in [4.78, 5) is 0. The predicted octanol–water partition coefficient (Wildman–Crippen LogP) is 2.48. The molecule has 0 bridgehead atoms. The summed E-state index contributed by atoms with van der Waals surface area (Å²) >= 11 is 5.23. The zero-order chi connectivity index (χ0) is 13.8. The van der Waals surface area contributed by atoms with Crippen LogP contribution in [0.5, 0.6) is 0 Å². The largest absolute Gasteiger partial charge is 0.312 e. The molecular formula is C13H16BrN5S. The first kappa shape index (κ1) is 14.0. The molecule has 0 unspecified atom stereocenters. The third kappa shape index (κ3) is 3.80. The van der Waals surface area contributed by atoms with Gasteiger partial charge in [0.15, 0.2) is 0 Å². The maximum atomic E-state index is 4.10. The van der Waals surface area contributed by atoms with Gasteiger partial charge in [0, 0.05) is 22.8 Å². The minimum atomic E-state index is 0.725. The molecule has 1 aromatic carbocycles. The number of tetrazole rings is 1. The van der Waals surface area contributed by atoms with Crippen LogP contribution in [0.25, 0.3) is 0 Å². The van der Waals surface area contributed by atoms with Gasteiger partial charge in [-0.25, -0.2) is 4.68 Å². The molecule has 1 fully saturated rings. The van der Waals surface area contributed by atoms with Crippen molar-refractivity contribution in [2.24, 2.45) is 0 Å². The summed E-state index contributed by atoms with van der Waals surface area (Å²) in [6.45, 7) is 1.75. The van der Waals surface area contributed by atoms with Gasteiger partial charge in [-0.15, -0.1) is 5.10 Å². The second-order valence-corrected chi connectivity index (χ2v) is 6.59. The number of hydrogen-bond acceptors (Lipinski definition) is 5. The van der Waals surface area contributed by atoms with Crippen molar-refractivity contribution in [1.29, 1.82) is 0 Å². The Morgan fingerprint density at radius 2 is 2.20 bits per heavy atom. The van der Waals surface area contributed by atoms with Crippen molar-refractivity contribution in [3.05, 3.63) is 34.3 Å². The van der Waals surface area contributed by atoms with Crippen LogP contribution in [0.2, 0.25) is 0 Å². The molecule has 0 amide bonds. The average Bonchev–Trinajstić information content (AvgIpc) is 3.17. The van der Waals surface area contributed by atoms with E-state index >= 15 is 0 Å². The number of aromatic nitrogens is 4. The van der Waals surface area contributed by atoms with Crippen molar-refractivity contribution >= 4 is 27.7 Å². The van der Waals surface area contributed by atoms with E-state index in [1.165, 1.54) is 18.4 Å². The van der Waals surface area contributed by atoms with Crippen molar-refractivity contribution in [3.63, 3.8) is 0 Å². The highest BCUT2D eigenvalue weighted by Crippen LogP contribution is 2.25. The van der Waals surface area contributed by atoms with Crippen molar-refractivity contribution in [1.82, 2.24) is 25.5 Å². The van der Waals surface area contributed by atoms with Gasteiger partial charge in [-0.2, -0.15) is 0 Å². The van der Waals surface area contributed by atoms with Crippen LogP contribution < -0.4 is 5.32 Å². The summed E-state index contributed by atoms with van der Waals surface area (Å²) < 4.78 is 3.00. The van der Waals surface area contributed by atoms with Crippen LogP contribution in [0.15, 0.2) is 33.9 Å². The highest BCUT2D eigenvalue weighted by atomic mass is 79.9. The first-order valence-corrected chi connectivity index (χ1v) is 8.46. The van der Waals surface area contributed by atoms with Crippen molar-refractivity contribution < 1.29 is 0 Å². The van der Waals surface area contributed by atoms with Crippen LogP contribution in [0.1, 0.15) is 18.4 Å². The molecule has 20 heavy (non-hydrogen) atoms. The molecule has 1 aliphatic rings. The SMILES string of the molecule is Brc1ccccc1CSc1nnnn1CCNC1CC1. The Morgan fingerprint density at radius 1 is 1.35 bits per heavy atom. The molecule has 1 N–H and O–H groups in total. The number of rotatable bonds is 7. The van der Waals surface area contributed by atoms with Crippen LogP contribution in [0.4, 0.5) is 0 Å². The van der Waals surface area contributed by atoms with Crippen LogP contribution in [-0.2, 0) is 12.3 Å². The van der Waals surface area contributed by atoms with Gasteiger partial charge in [-0.05, 0) is 34.9 Å². The lowest BCUT2D eigenvalue weighted by Gasteiger charge is -2.06. The molecule has 0 spiro atoms. The van der Waals surface area contributed by atoms with Crippen LogP contribution in [-0.4, -0.2) is 32.8 Å². The Labute approximate surface area is 130 Å². The molecule has 1 heterocycles. The van der Waals surface area contributed by atoms with Gasteiger partial charge < -0.3 is 5.32 Å². The standard InChI is InChI=1S/C13H16BrN5S/c14-12-4-2-1-3-10(12)9-20-13-16-17-18-19(13)8-7-15-11-5-6-11/h1-4,11,15H,5-9H2. The average molecular weight is 354 g/mol. The maximum absolute atomic E-state index is 4.10. The van der Waals surface area contributed by atoms with Gasteiger partial charge >= 0.3 is 0 Å². The summed E-state index contributed by atoms with van der Waals surface area (Å²) in [5.41, 5.74) is 1.25.